The predicted molar refractivity (Wildman–Crippen MR) is 71.5 cm³/mol. The van der Waals surface area contributed by atoms with E-state index in [1.54, 1.807) is 0 Å². The van der Waals surface area contributed by atoms with Gasteiger partial charge in [0.25, 0.3) is 0 Å². The lowest BCUT2D eigenvalue weighted by molar-refractivity contribution is -0.148. The fraction of sp³-hybridized carbons (Fsp3) is 0.500. The molecule has 1 aliphatic heterocycles. The normalized spacial score (nSPS) is 20.7. The number of halogens is 1. The molecule has 1 saturated heterocycles. The number of hydrogen-bond acceptors (Lipinski definition) is 3. The molecule has 1 fully saturated rings. The molecule has 2 rings (SSSR count). The number of ether oxygens (including phenoxy) is 1. The van der Waals surface area contributed by atoms with Gasteiger partial charge in [-0.2, -0.15) is 0 Å². The molecule has 98 valence electrons. The van der Waals surface area contributed by atoms with Crippen LogP contribution in [-0.2, 0) is 16.1 Å². The maximum absolute atomic E-state index is 11.7. The monoisotopic (exact) mass is 267 g/mol. The number of esters is 1. The third kappa shape index (κ3) is 3.24. The maximum atomic E-state index is 11.7. The molecule has 0 aromatic heterocycles. The molecule has 0 bridgehead atoms. The molecule has 1 aromatic carbocycles. The lowest BCUT2D eigenvalue weighted by Gasteiger charge is -2.33. The molecule has 0 saturated carbocycles. The number of methoxy groups -OCH3 is 1. The number of hydrogen-bond donors (Lipinski definition) is 0. The van der Waals surface area contributed by atoms with Crippen LogP contribution in [0.15, 0.2) is 24.3 Å². The molecule has 3 nitrogen and oxygen atoms in total. The summed E-state index contributed by atoms with van der Waals surface area (Å²) in [6.07, 6.45) is 3.12. The third-order valence-corrected chi connectivity index (χ3v) is 3.64. The SMILES string of the molecule is COC(=O)[C@H]1CCCCN1Cc1ccc(Cl)cc1. The van der Waals surface area contributed by atoms with Gasteiger partial charge in [0.05, 0.1) is 7.11 Å². The van der Waals surface area contributed by atoms with Crippen LogP contribution >= 0.6 is 11.6 Å². The van der Waals surface area contributed by atoms with E-state index in [1.165, 1.54) is 12.7 Å². The summed E-state index contributed by atoms with van der Waals surface area (Å²) in [6.45, 7) is 1.72. The van der Waals surface area contributed by atoms with Crippen LogP contribution in [0.2, 0.25) is 5.02 Å². The predicted octanol–water partition coefficient (Wildman–Crippen LogP) is 2.87. The highest BCUT2D eigenvalue weighted by molar-refractivity contribution is 6.30. The van der Waals surface area contributed by atoms with Crippen molar-refractivity contribution in [3.8, 4) is 0 Å². The van der Waals surface area contributed by atoms with Gasteiger partial charge in [-0.05, 0) is 37.1 Å². The van der Waals surface area contributed by atoms with E-state index >= 15 is 0 Å². The van der Waals surface area contributed by atoms with Crippen LogP contribution in [-0.4, -0.2) is 30.6 Å². The van der Waals surface area contributed by atoms with Crippen LogP contribution < -0.4 is 0 Å². The lowest BCUT2D eigenvalue weighted by Crippen LogP contribution is -2.44. The van der Waals surface area contributed by atoms with Gasteiger partial charge in [0.2, 0.25) is 0 Å². The van der Waals surface area contributed by atoms with E-state index in [-0.39, 0.29) is 12.0 Å². The molecule has 1 aromatic rings. The van der Waals surface area contributed by atoms with E-state index in [9.17, 15) is 4.79 Å². The Morgan fingerprint density at radius 1 is 1.39 bits per heavy atom. The summed E-state index contributed by atoms with van der Waals surface area (Å²) in [4.78, 5) is 13.9. The van der Waals surface area contributed by atoms with Crippen molar-refractivity contribution in [2.75, 3.05) is 13.7 Å². The van der Waals surface area contributed by atoms with Gasteiger partial charge in [-0.25, -0.2) is 0 Å². The second-order valence-corrected chi connectivity index (χ2v) is 5.07. The maximum Gasteiger partial charge on any atom is 0.323 e. The number of rotatable bonds is 3. The van der Waals surface area contributed by atoms with Crippen molar-refractivity contribution < 1.29 is 9.53 Å². The van der Waals surface area contributed by atoms with E-state index in [1.807, 2.05) is 24.3 Å². The van der Waals surface area contributed by atoms with Gasteiger partial charge in [0.15, 0.2) is 0 Å². The Balaban J connectivity index is 2.05. The number of benzene rings is 1. The highest BCUT2D eigenvalue weighted by Gasteiger charge is 2.29. The van der Waals surface area contributed by atoms with E-state index in [0.29, 0.717) is 0 Å². The average molecular weight is 268 g/mol. The Bertz CT molecular complexity index is 405. The van der Waals surface area contributed by atoms with Crippen molar-refractivity contribution in [1.29, 1.82) is 0 Å². The molecular weight excluding hydrogens is 250 g/mol. The second-order valence-electron chi connectivity index (χ2n) is 4.63. The van der Waals surface area contributed by atoms with Gasteiger partial charge in [-0.1, -0.05) is 30.2 Å². The first-order valence-corrected chi connectivity index (χ1v) is 6.65. The second kappa shape index (κ2) is 6.21. The summed E-state index contributed by atoms with van der Waals surface area (Å²) >= 11 is 5.87. The number of carbonyl (C=O) groups excluding carboxylic acids is 1. The zero-order valence-electron chi connectivity index (χ0n) is 10.6. The summed E-state index contributed by atoms with van der Waals surface area (Å²) in [5.74, 6) is -0.122. The first kappa shape index (κ1) is 13.4. The Hall–Kier alpha value is -1.06. The van der Waals surface area contributed by atoms with Crippen LogP contribution in [0.3, 0.4) is 0 Å². The first-order valence-electron chi connectivity index (χ1n) is 6.27. The largest absolute Gasteiger partial charge is 0.468 e. The molecule has 1 aliphatic rings. The molecule has 18 heavy (non-hydrogen) atoms. The van der Waals surface area contributed by atoms with Crippen molar-refractivity contribution in [3.63, 3.8) is 0 Å². The van der Waals surface area contributed by atoms with Gasteiger partial charge in [-0.15, -0.1) is 0 Å². The van der Waals surface area contributed by atoms with Crippen molar-refractivity contribution >= 4 is 17.6 Å². The molecule has 0 N–H and O–H groups in total. The molecule has 1 heterocycles. The molecule has 0 aliphatic carbocycles. The van der Waals surface area contributed by atoms with Crippen molar-refractivity contribution in [2.24, 2.45) is 0 Å². The minimum atomic E-state index is -0.122. The Morgan fingerprint density at radius 3 is 2.78 bits per heavy atom. The molecule has 0 spiro atoms. The average Bonchev–Trinajstić information content (AvgIpc) is 2.41. The van der Waals surface area contributed by atoms with Gasteiger partial charge in [-0.3, -0.25) is 9.69 Å². The zero-order valence-corrected chi connectivity index (χ0v) is 11.3. The highest BCUT2D eigenvalue weighted by atomic mass is 35.5. The fourth-order valence-electron chi connectivity index (χ4n) is 2.41. The topological polar surface area (TPSA) is 29.5 Å². The molecule has 0 amide bonds. The quantitative estimate of drug-likeness (QED) is 0.789. The minimum Gasteiger partial charge on any atom is -0.468 e. The van der Waals surface area contributed by atoms with Crippen LogP contribution in [0.5, 0.6) is 0 Å². The Kier molecular flexibility index (Phi) is 4.61. The fourth-order valence-corrected chi connectivity index (χ4v) is 2.53. The van der Waals surface area contributed by atoms with E-state index in [0.717, 1.165) is 37.4 Å². The van der Waals surface area contributed by atoms with E-state index in [4.69, 9.17) is 16.3 Å². The highest BCUT2D eigenvalue weighted by Crippen LogP contribution is 2.21. The number of nitrogens with zero attached hydrogens (tertiary/aromatic N) is 1. The van der Waals surface area contributed by atoms with E-state index in [2.05, 4.69) is 4.90 Å². The molecule has 1 atom stereocenters. The zero-order chi connectivity index (χ0) is 13.0. The number of likely N-dealkylation sites (tertiary alicyclic amines) is 1. The number of carbonyl (C=O) groups is 1. The smallest absolute Gasteiger partial charge is 0.323 e. The standard InChI is InChI=1S/C14H18ClNO2/c1-18-14(17)13-4-2-3-9-16(13)10-11-5-7-12(15)8-6-11/h5-8,13H,2-4,9-10H2,1H3/t13-/m1/s1. The van der Waals surface area contributed by atoms with Gasteiger partial charge in [0, 0.05) is 11.6 Å². The van der Waals surface area contributed by atoms with Crippen molar-refractivity contribution in [1.82, 2.24) is 4.90 Å². The third-order valence-electron chi connectivity index (χ3n) is 3.39. The Labute approximate surface area is 113 Å². The lowest BCUT2D eigenvalue weighted by atomic mass is 10.0. The van der Waals surface area contributed by atoms with Crippen molar-refractivity contribution in [3.05, 3.63) is 34.9 Å². The van der Waals surface area contributed by atoms with Crippen molar-refractivity contribution in [2.45, 2.75) is 31.8 Å². The van der Waals surface area contributed by atoms with Gasteiger partial charge < -0.3 is 4.74 Å². The summed E-state index contributed by atoms with van der Waals surface area (Å²) in [5, 5.41) is 0.738. The first-order chi connectivity index (χ1) is 8.70. The minimum absolute atomic E-state index is 0.0978. The van der Waals surface area contributed by atoms with Crippen LogP contribution in [0.25, 0.3) is 0 Å². The molecule has 0 unspecified atom stereocenters. The molecular formula is C14H18ClNO2. The summed E-state index contributed by atoms with van der Waals surface area (Å²) in [5.41, 5.74) is 1.18. The van der Waals surface area contributed by atoms with Crippen LogP contribution in [0.1, 0.15) is 24.8 Å². The summed E-state index contributed by atoms with van der Waals surface area (Å²) in [6, 6.07) is 7.68. The summed E-state index contributed by atoms with van der Waals surface area (Å²) in [7, 11) is 1.46. The van der Waals surface area contributed by atoms with E-state index < -0.39 is 0 Å². The van der Waals surface area contributed by atoms with Gasteiger partial charge >= 0.3 is 5.97 Å². The van der Waals surface area contributed by atoms with Gasteiger partial charge in [0.1, 0.15) is 6.04 Å². The van der Waals surface area contributed by atoms with Crippen LogP contribution in [0.4, 0.5) is 0 Å². The molecule has 0 radical (unpaired) electrons. The molecule has 4 heteroatoms. The number of piperidine rings is 1. The van der Waals surface area contributed by atoms with Crippen LogP contribution in [0, 0.1) is 0 Å². The Morgan fingerprint density at radius 2 is 2.11 bits per heavy atom. The summed E-state index contributed by atoms with van der Waals surface area (Å²) < 4.78 is 4.88.